The Hall–Kier alpha value is -4.67. The highest BCUT2D eigenvalue weighted by molar-refractivity contribution is 6.12. The number of fused-ring (bicyclic) bond motifs is 3. The van der Waals surface area contributed by atoms with E-state index in [2.05, 4.69) is 107 Å². The first kappa shape index (κ1) is 22.5. The fraction of sp³-hybridized carbons (Fsp3) is 0.0882. The van der Waals surface area contributed by atoms with Crippen LogP contribution < -0.4 is 11.1 Å². The number of hydrogen-bond donors (Lipinski definition) is 2. The molecule has 7 rings (SSSR count). The molecular weight excluding hydrogens is 464 g/mol. The van der Waals surface area contributed by atoms with Gasteiger partial charge in [-0.3, -0.25) is 4.99 Å². The highest BCUT2D eigenvalue weighted by Gasteiger charge is 2.43. The summed E-state index contributed by atoms with van der Waals surface area (Å²) in [5.74, 6) is 0. The molecule has 3 N–H and O–H groups in total. The van der Waals surface area contributed by atoms with Crippen LogP contribution in [0.5, 0.6) is 0 Å². The number of aromatic nitrogens is 1. The van der Waals surface area contributed by atoms with Crippen molar-refractivity contribution in [3.05, 3.63) is 132 Å². The Balaban J connectivity index is 1.32. The van der Waals surface area contributed by atoms with Crippen molar-refractivity contribution in [2.75, 3.05) is 18.8 Å². The predicted octanol–water partition coefficient (Wildman–Crippen LogP) is 6.95. The molecule has 4 nitrogen and oxygen atoms in total. The summed E-state index contributed by atoms with van der Waals surface area (Å²) < 4.78 is 2.34. The van der Waals surface area contributed by atoms with Crippen LogP contribution in [0.1, 0.15) is 11.1 Å². The van der Waals surface area contributed by atoms with E-state index in [1.165, 1.54) is 21.9 Å². The van der Waals surface area contributed by atoms with Crippen molar-refractivity contribution in [1.29, 1.82) is 0 Å². The van der Waals surface area contributed by atoms with Gasteiger partial charge in [0.15, 0.2) is 0 Å². The van der Waals surface area contributed by atoms with Crippen molar-refractivity contribution in [2.24, 2.45) is 4.99 Å². The quantitative estimate of drug-likeness (QED) is 0.150. The van der Waals surface area contributed by atoms with Gasteiger partial charge in [0, 0.05) is 40.5 Å². The Labute approximate surface area is 222 Å². The third-order valence-electron chi connectivity index (χ3n) is 7.59. The maximum Gasteiger partial charge on any atom is 0.0760 e. The van der Waals surface area contributed by atoms with E-state index in [0.717, 1.165) is 40.1 Å². The molecule has 1 atom stereocenters. The van der Waals surface area contributed by atoms with Gasteiger partial charge in [-0.2, -0.15) is 0 Å². The van der Waals surface area contributed by atoms with Gasteiger partial charge in [0.2, 0.25) is 0 Å². The van der Waals surface area contributed by atoms with Crippen LogP contribution in [0.2, 0.25) is 0 Å². The molecule has 0 aliphatic carbocycles. The fourth-order valence-corrected chi connectivity index (χ4v) is 5.48. The molecule has 38 heavy (non-hydrogen) atoms. The van der Waals surface area contributed by atoms with Crippen molar-refractivity contribution in [1.82, 2.24) is 9.88 Å². The molecule has 1 aromatic heterocycles. The SMILES string of the molecule is Nc1cc2c(cc1-c1ccccc1)c1ccccc1n2-c1cccc(C2(C/N=C/c3ccccc3)CN2)c1. The molecule has 1 unspecified atom stereocenters. The highest BCUT2D eigenvalue weighted by Crippen LogP contribution is 2.39. The first-order valence-electron chi connectivity index (χ1n) is 13.0. The second-order valence-corrected chi connectivity index (χ2v) is 10.0. The molecule has 0 radical (unpaired) electrons. The van der Waals surface area contributed by atoms with Crippen LogP contribution in [0.25, 0.3) is 38.6 Å². The minimum Gasteiger partial charge on any atom is -0.398 e. The van der Waals surface area contributed by atoms with Gasteiger partial charge in [-0.05, 0) is 47.0 Å². The smallest absolute Gasteiger partial charge is 0.0760 e. The molecule has 2 heterocycles. The summed E-state index contributed by atoms with van der Waals surface area (Å²) >= 11 is 0. The number of para-hydroxylation sites is 1. The zero-order valence-corrected chi connectivity index (χ0v) is 21.0. The third-order valence-corrected chi connectivity index (χ3v) is 7.59. The largest absolute Gasteiger partial charge is 0.398 e. The lowest BCUT2D eigenvalue weighted by Gasteiger charge is -2.15. The highest BCUT2D eigenvalue weighted by atomic mass is 15.2. The van der Waals surface area contributed by atoms with Crippen LogP contribution in [-0.4, -0.2) is 23.9 Å². The van der Waals surface area contributed by atoms with Crippen molar-refractivity contribution in [3.63, 3.8) is 0 Å². The average Bonchev–Trinajstić information content (AvgIpc) is 3.69. The van der Waals surface area contributed by atoms with Crippen LogP contribution in [0.15, 0.2) is 126 Å². The summed E-state index contributed by atoms with van der Waals surface area (Å²) in [6.45, 7) is 1.62. The summed E-state index contributed by atoms with van der Waals surface area (Å²) in [5, 5.41) is 6.01. The van der Waals surface area contributed by atoms with E-state index < -0.39 is 0 Å². The van der Waals surface area contributed by atoms with Crippen molar-refractivity contribution in [2.45, 2.75) is 5.54 Å². The van der Waals surface area contributed by atoms with Crippen molar-refractivity contribution >= 4 is 33.7 Å². The van der Waals surface area contributed by atoms with E-state index in [4.69, 9.17) is 10.7 Å². The summed E-state index contributed by atoms with van der Waals surface area (Å²) in [6.07, 6.45) is 1.96. The lowest BCUT2D eigenvalue weighted by atomic mass is 9.98. The third kappa shape index (κ3) is 3.87. The van der Waals surface area contributed by atoms with Gasteiger partial charge in [0.25, 0.3) is 0 Å². The second-order valence-electron chi connectivity index (χ2n) is 10.0. The normalized spacial score (nSPS) is 16.9. The van der Waals surface area contributed by atoms with Crippen molar-refractivity contribution < 1.29 is 0 Å². The summed E-state index contributed by atoms with van der Waals surface area (Å²) in [4.78, 5) is 4.78. The van der Waals surface area contributed by atoms with E-state index in [1.54, 1.807) is 0 Å². The zero-order chi connectivity index (χ0) is 25.5. The number of nitrogen functional groups attached to an aromatic ring is 1. The van der Waals surface area contributed by atoms with Crippen LogP contribution in [-0.2, 0) is 5.54 Å². The number of aliphatic imine (C=N–C) groups is 1. The predicted molar refractivity (Wildman–Crippen MR) is 159 cm³/mol. The molecule has 0 spiro atoms. The van der Waals surface area contributed by atoms with Gasteiger partial charge in [-0.25, -0.2) is 0 Å². The number of nitrogens with zero attached hydrogens (tertiary/aromatic N) is 2. The summed E-state index contributed by atoms with van der Waals surface area (Å²) in [7, 11) is 0. The van der Waals surface area contributed by atoms with Crippen LogP contribution in [0, 0.1) is 0 Å². The number of rotatable bonds is 6. The maximum atomic E-state index is 6.66. The molecule has 0 bridgehead atoms. The van der Waals surface area contributed by atoms with Crippen molar-refractivity contribution in [3.8, 4) is 16.8 Å². The number of hydrogen-bond acceptors (Lipinski definition) is 3. The molecule has 5 aromatic carbocycles. The minimum absolute atomic E-state index is 0.125. The monoisotopic (exact) mass is 492 g/mol. The number of nitrogens with one attached hydrogen (secondary N) is 1. The molecule has 1 fully saturated rings. The topological polar surface area (TPSA) is 65.2 Å². The Morgan fingerprint density at radius 3 is 2.29 bits per heavy atom. The summed E-state index contributed by atoms with van der Waals surface area (Å²) in [6, 6.07) is 42.4. The molecule has 0 saturated carbocycles. The van der Waals surface area contributed by atoms with Gasteiger partial charge in [0.1, 0.15) is 0 Å². The van der Waals surface area contributed by atoms with Crippen LogP contribution in [0.4, 0.5) is 5.69 Å². The van der Waals surface area contributed by atoms with Gasteiger partial charge in [0.05, 0.1) is 23.1 Å². The van der Waals surface area contributed by atoms with E-state index >= 15 is 0 Å². The Kier molecular flexibility index (Phi) is 5.34. The van der Waals surface area contributed by atoms with Gasteiger partial charge >= 0.3 is 0 Å². The Morgan fingerprint density at radius 1 is 0.763 bits per heavy atom. The standard InChI is InChI=1S/C34H28N4/c35-31-20-33-30(19-29(31)25-12-5-2-6-13-25)28-16-7-8-17-32(28)38(33)27-15-9-14-26(18-27)34(23-37-34)22-36-21-24-10-3-1-4-11-24/h1-21,37H,22-23,35H2/b36-21+. The van der Waals surface area contributed by atoms with Gasteiger partial charge in [-0.1, -0.05) is 91.0 Å². The lowest BCUT2D eigenvalue weighted by Crippen LogP contribution is -2.17. The molecular formula is C34H28N4. The summed E-state index contributed by atoms with van der Waals surface area (Å²) in [5.41, 5.74) is 15.3. The van der Waals surface area contributed by atoms with Gasteiger partial charge < -0.3 is 15.6 Å². The Morgan fingerprint density at radius 2 is 1.50 bits per heavy atom. The molecule has 4 heteroatoms. The zero-order valence-electron chi connectivity index (χ0n) is 21.0. The number of nitrogens with two attached hydrogens (primary N) is 1. The van der Waals surface area contributed by atoms with E-state index in [-0.39, 0.29) is 5.54 Å². The minimum atomic E-state index is -0.125. The molecule has 1 aliphatic heterocycles. The molecule has 184 valence electrons. The van der Waals surface area contributed by atoms with E-state index in [0.29, 0.717) is 6.54 Å². The fourth-order valence-electron chi connectivity index (χ4n) is 5.48. The van der Waals surface area contributed by atoms with Crippen LogP contribution >= 0.6 is 0 Å². The molecule has 1 aliphatic rings. The molecule has 1 saturated heterocycles. The number of anilines is 1. The first-order valence-corrected chi connectivity index (χ1v) is 13.0. The lowest BCUT2D eigenvalue weighted by molar-refractivity contribution is 0.689. The first-order chi connectivity index (χ1) is 18.7. The average molecular weight is 493 g/mol. The molecule has 6 aromatic rings. The number of benzene rings is 5. The van der Waals surface area contributed by atoms with E-state index in [9.17, 15) is 0 Å². The van der Waals surface area contributed by atoms with Crippen LogP contribution in [0.3, 0.4) is 0 Å². The van der Waals surface area contributed by atoms with Gasteiger partial charge in [-0.15, -0.1) is 0 Å². The van der Waals surface area contributed by atoms with E-state index in [1.807, 2.05) is 30.5 Å². The maximum absolute atomic E-state index is 6.66. The Bertz CT molecular complexity index is 1800. The second kappa shape index (κ2) is 9.02. The molecule has 0 amide bonds.